The van der Waals surface area contributed by atoms with Crippen molar-refractivity contribution in [3.05, 3.63) is 0 Å². The molecule has 2 atom stereocenters. The van der Waals surface area contributed by atoms with Crippen molar-refractivity contribution < 1.29 is 9.53 Å². The van der Waals surface area contributed by atoms with Crippen molar-refractivity contribution >= 4 is 5.91 Å². The number of methoxy groups -OCH3 is 1. The summed E-state index contributed by atoms with van der Waals surface area (Å²) in [6.45, 7) is 4.15. The summed E-state index contributed by atoms with van der Waals surface area (Å²) < 4.78 is 4.91. The second kappa shape index (κ2) is 6.08. The Morgan fingerprint density at radius 2 is 2.33 bits per heavy atom. The zero-order chi connectivity index (χ0) is 11.3. The molecule has 1 aliphatic heterocycles. The quantitative estimate of drug-likeness (QED) is 0.746. The lowest BCUT2D eigenvalue weighted by atomic mass is 9.92. The second-order valence-electron chi connectivity index (χ2n) is 4.35. The molecule has 0 aromatic rings. The largest absolute Gasteiger partial charge is 0.384 e. The predicted octanol–water partition coefficient (Wildman–Crippen LogP) is 0.609. The SMILES string of the molecule is COCCC(=O)N1CCC(C)CC1CN. The van der Waals surface area contributed by atoms with Crippen LogP contribution in [0.3, 0.4) is 0 Å². The Labute approximate surface area is 91.8 Å². The van der Waals surface area contributed by atoms with Crippen LogP contribution in [0.15, 0.2) is 0 Å². The summed E-state index contributed by atoms with van der Waals surface area (Å²) in [5, 5.41) is 0. The molecule has 0 spiro atoms. The molecule has 0 aromatic carbocycles. The van der Waals surface area contributed by atoms with Gasteiger partial charge in [-0.25, -0.2) is 0 Å². The Morgan fingerprint density at radius 3 is 2.93 bits per heavy atom. The lowest BCUT2D eigenvalue weighted by Gasteiger charge is -2.38. The molecule has 1 saturated heterocycles. The molecular formula is C11H22N2O2. The van der Waals surface area contributed by atoms with E-state index in [1.54, 1.807) is 7.11 Å². The molecule has 1 amide bonds. The minimum absolute atomic E-state index is 0.180. The summed E-state index contributed by atoms with van der Waals surface area (Å²) in [6, 6.07) is 0.234. The Balaban J connectivity index is 2.47. The predicted molar refractivity (Wildman–Crippen MR) is 59.4 cm³/mol. The van der Waals surface area contributed by atoms with Crippen molar-refractivity contribution in [1.82, 2.24) is 4.90 Å². The first kappa shape index (κ1) is 12.5. The summed E-state index contributed by atoms with van der Waals surface area (Å²) in [7, 11) is 1.62. The molecule has 1 fully saturated rings. The lowest BCUT2D eigenvalue weighted by Crippen LogP contribution is -2.49. The van der Waals surface area contributed by atoms with Crippen LogP contribution in [0.4, 0.5) is 0 Å². The number of rotatable bonds is 4. The molecular weight excluding hydrogens is 192 g/mol. The summed E-state index contributed by atoms with van der Waals surface area (Å²) in [6.07, 6.45) is 2.60. The standard InChI is InChI=1S/C11H22N2O2/c1-9-3-5-13(10(7-9)8-12)11(14)4-6-15-2/h9-10H,3-8,12H2,1-2H3. The molecule has 0 radical (unpaired) electrons. The first-order valence-electron chi connectivity index (χ1n) is 5.67. The van der Waals surface area contributed by atoms with E-state index in [4.69, 9.17) is 10.5 Å². The van der Waals surface area contributed by atoms with Gasteiger partial charge in [-0.3, -0.25) is 4.79 Å². The van der Waals surface area contributed by atoms with Gasteiger partial charge >= 0.3 is 0 Å². The number of nitrogens with zero attached hydrogens (tertiary/aromatic N) is 1. The third kappa shape index (κ3) is 3.47. The van der Waals surface area contributed by atoms with E-state index in [9.17, 15) is 4.79 Å². The average molecular weight is 214 g/mol. The van der Waals surface area contributed by atoms with Crippen molar-refractivity contribution in [2.75, 3.05) is 26.8 Å². The smallest absolute Gasteiger partial charge is 0.225 e. The zero-order valence-corrected chi connectivity index (χ0v) is 9.74. The highest BCUT2D eigenvalue weighted by Crippen LogP contribution is 2.22. The minimum atomic E-state index is 0.180. The fraction of sp³-hybridized carbons (Fsp3) is 0.909. The van der Waals surface area contributed by atoms with Gasteiger partial charge in [-0.2, -0.15) is 0 Å². The van der Waals surface area contributed by atoms with E-state index in [1.807, 2.05) is 4.90 Å². The number of amides is 1. The molecule has 0 aromatic heterocycles. The summed E-state index contributed by atoms with van der Waals surface area (Å²) >= 11 is 0. The van der Waals surface area contributed by atoms with Crippen LogP contribution in [0, 0.1) is 5.92 Å². The second-order valence-corrected chi connectivity index (χ2v) is 4.35. The number of ether oxygens (including phenoxy) is 1. The van der Waals surface area contributed by atoms with Crippen LogP contribution >= 0.6 is 0 Å². The molecule has 4 nitrogen and oxygen atoms in total. The fourth-order valence-corrected chi connectivity index (χ4v) is 2.14. The van der Waals surface area contributed by atoms with Crippen LogP contribution in [0.2, 0.25) is 0 Å². The lowest BCUT2D eigenvalue weighted by molar-refractivity contribution is -0.136. The number of piperidine rings is 1. The topological polar surface area (TPSA) is 55.6 Å². The first-order chi connectivity index (χ1) is 7.19. The average Bonchev–Trinajstić information content (AvgIpc) is 2.25. The van der Waals surface area contributed by atoms with E-state index in [0.717, 1.165) is 19.4 Å². The fourth-order valence-electron chi connectivity index (χ4n) is 2.14. The number of hydrogen-bond acceptors (Lipinski definition) is 3. The van der Waals surface area contributed by atoms with Gasteiger partial charge in [0.25, 0.3) is 0 Å². The summed E-state index contributed by atoms with van der Waals surface area (Å²) in [5.41, 5.74) is 5.70. The van der Waals surface area contributed by atoms with Crippen LogP contribution in [-0.2, 0) is 9.53 Å². The first-order valence-corrected chi connectivity index (χ1v) is 5.67. The van der Waals surface area contributed by atoms with Crippen LogP contribution in [-0.4, -0.2) is 43.7 Å². The Morgan fingerprint density at radius 1 is 1.60 bits per heavy atom. The number of nitrogens with two attached hydrogens (primary N) is 1. The van der Waals surface area contributed by atoms with Gasteiger partial charge in [0.15, 0.2) is 0 Å². The van der Waals surface area contributed by atoms with Crippen molar-refractivity contribution in [2.45, 2.75) is 32.2 Å². The van der Waals surface area contributed by atoms with Crippen LogP contribution < -0.4 is 5.73 Å². The third-order valence-electron chi connectivity index (χ3n) is 3.09. The van der Waals surface area contributed by atoms with Crippen LogP contribution in [0.1, 0.15) is 26.2 Å². The zero-order valence-electron chi connectivity index (χ0n) is 9.74. The molecule has 1 rings (SSSR count). The van der Waals surface area contributed by atoms with Gasteiger partial charge in [0.05, 0.1) is 13.0 Å². The number of carbonyl (C=O) groups excluding carboxylic acids is 1. The van der Waals surface area contributed by atoms with E-state index in [0.29, 0.717) is 25.5 Å². The van der Waals surface area contributed by atoms with E-state index in [1.165, 1.54) is 0 Å². The molecule has 88 valence electrons. The van der Waals surface area contributed by atoms with E-state index >= 15 is 0 Å². The van der Waals surface area contributed by atoms with Crippen LogP contribution in [0.25, 0.3) is 0 Å². The molecule has 2 unspecified atom stereocenters. The van der Waals surface area contributed by atoms with Gasteiger partial charge in [-0.05, 0) is 18.8 Å². The van der Waals surface area contributed by atoms with Gasteiger partial charge in [-0.1, -0.05) is 6.92 Å². The molecule has 1 heterocycles. The van der Waals surface area contributed by atoms with Gasteiger partial charge in [0.2, 0.25) is 5.91 Å². The van der Waals surface area contributed by atoms with E-state index < -0.39 is 0 Å². The highest BCUT2D eigenvalue weighted by atomic mass is 16.5. The summed E-state index contributed by atoms with van der Waals surface area (Å²) in [4.78, 5) is 13.8. The number of carbonyl (C=O) groups is 1. The molecule has 15 heavy (non-hydrogen) atoms. The van der Waals surface area contributed by atoms with E-state index in [-0.39, 0.29) is 11.9 Å². The number of hydrogen-bond donors (Lipinski definition) is 1. The van der Waals surface area contributed by atoms with Crippen molar-refractivity contribution in [3.8, 4) is 0 Å². The number of likely N-dealkylation sites (tertiary alicyclic amines) is 1. The maximum Gasteiger partial charge on any atom is 0.225 e. The monoisotopic (exact) mass is 214 g/mol. The Hall–Kier alpha value is -0.610. The molecule has 1 aliphatic rings. The molecule has 2 N–H and O–H groups in total. The molecule has 4 heteroatoms. The third-order valence-corrected chi connectivity index (χ3v) is 3.09. The van der Waals surface area contributed by atoms with Gasteiger partial charge in [0.1, 0.15) is 0 Å². The highest BCUT2D eigenvalue weighted by molar-refractivity contribution is 5.76. The maximum absolute atomic E-state index is 11.8. The summed E-state index contributed by atoms with van der Waals surface area (Å²) in [5.74, 6) is 0.865. The Bertz CT molecular complexity index is 209. The van der Waals surface area contributed by atoms with Crippen molar-refractivity contribution in [2.24, 2.45) is 11.7 Å². The molecule has 0 saturated carbocycles. The van der Waals surface area contributed by atoms with Crippen molar-refractivity contribution in [3.63, 3.8) is 0 Å². The molecule has 0 bridgehead atoms. The van der Waals surface area contributed by atoms with Gasteiger partial charge in [-0.15, -0.1) is 0 Å². The van der Waals surface area contributed by atoms with Crippen LogP contribution in [0.5, 0.6) is 0 Å². The Kier molecular flexibility index (Phi) is 5.05. The van der Waals surface area contributed by atoms with Gasteiger partial charge < -0.3 is 15.4 Å². The maximum atomic E-state index is 11.8. The minimum Gasteiger partial charge on any atom is -0.384 e. The normalized spacial score (nSPS) is 26.7. The molecule has 0 aliphatic carbocycles. The van der Waals surface area contributed by atoms with E-state index in [2.05, 4.69) is 6.92 Å². The highest BCUT2D eigenvalue weighted by Gasteiger charge is 2.28. The van der Waals surface area contributed by atoms with Crippen molar-refractivity contribution in [1.29, 1.82) is 0 Å². The van der Waals surface area contributed by atoms with Gasteiger partial charge in [0, 0.05) is 26.2 Å².